The fourth-order valence-corrected chi connectivity index (χ4v) is 2.60. The Balaban J connectivity index is 2.12. The van der Waals surface area contributed by atoms with Crippen molar-refractivity contribution < 1.29 is 4.42 Å². The SMILES string of the molecule is CCCNCc1occc1Cn1nc(C)c(CC)c1C. The molecule has 2 aromatic rings. The van der Waals surface area contributed by atoms with Crippen LogP contribution in [0.1, 0.15) is 48.5 Å². The standard InChI is InChI=1S/C16H25N3O/c1-5-8-17-10-16-14(7-9-20-16)11-19-13(4)15(6-2)12(3)18-19/h7,9,17H,5-6,8,10-11H2,1-4H3. The Morgan fingerprint density at radius 2 is 2.10 bits per heavy atom. The van der Waals surface area contributed by atoms with Crippen LogP contribution in [0.15, 0.2) is 16.7 Å². The van der Waals surface area contributed by atoms with Gasteiger partial charge in [0, 0.05) is 11.3 Å². The second-order valence-corrected chi connectivity index (χ2v) is 5.21. The smallest absolute Gasteiger partial charge is 0.122 e. The Hall–Kier alpha value is -1.55. The van der Waals surface area contributed by atoms with E-state index in [0.717, 1.165) is 43.9 Å². The van der Waals surface area contributed by atoms with E-state index in [1.807, 2.05) is 6.07 Å². The van der Waals surface area contributed by atoms with Gasteiger partial charge in [0.1, 0.15) is 5.76 Å². The first-order valence-corrected chi connectivity index (χ1v) is 7.46. The minimum absolute atomic E-state index is 0.784. The van der Waals surface area contributed by atoms with E-state index in [0.29, 0.717) is 0 Å². The minimum Gasteiger partial charge on any atom is -0.468 e. The highest BCUT2D eigenvalue weighted by Crippen LogP contribution is 2.17. The summed E-state index contributed by atoms with van der Waals surface area (Å²) in [5.41, 5.74) is 4.97. The fraction of sp³-hybridized carbons (Fsp3) is 0.562. The van der Waals surface area contributed by atoms with Crippen LogP contribution in [0, 0.1) is 13.8 Å². The lowest BCUT2D eigenvalue weighted by Gasteiger charge is -2.06. The molecule has 0 atom stereocenters. The second-order valence-electron chi connectivity index (χ2n) is 5.21. The average Bonchev–Trinajstić information content (AvgIpc) is 2.96. The fourth-order valence-electron chi connectivity index (χ4n) is 2.60. The van der Waals surface area contributed by atoms with Crippen LogP contribution in [0.4, 0.5) is 0 Å². The molecule has 110 valence electrons. The van der Waals surface area contributed by atoms with E-state index in [2.05, 4.69) is 42.8 Å². The molecule has 2 heterocycles. The van der Waals surface area contributed by atoms with Gasteiger partial charge in [-0.15, -0.1) is 0 Å². The van der Waals surface area contributed by atoms with Gasteiger partial charge in [-0.05, 0) is 44.9 Å². The van der Waals surface area contributed by atoms with E-state index in [9.17, 15) is 0 Å². The Morgan fingerprint density at radius 3 is 2.75 bits per heavy atom. The molecule has 0 spiro atoms. The maximum Gasteiger partial charge on any atom is 0.122 e. The molecular formula is C16H25N3O. The van der Waals surface area contributed by atoms with Crippen LogP contribution < -0.4 is 5.32 Å². The largest absolute Gasteiger partial charge is 0.468 e. The number of aryl methyl sites for hydroxylation is 1. The molecule has 0 radical (unpaired) electrons. The van der Waals surface area contributed by atoms with E-state index >= 15 is 0 Å². The summed E-state index contributed by atoms with van der Waals surface area (Å²) in [5, 5.41) is 8.03. The quantitative estimate of drug-likeness (QED) is 0.789. The average molecular weight is 275 g/mol. The number of nitrogens with one attached hydrogen (secondary N) is 1. The third-order valence-electron chi connectivity index (χ3n) is 3.76. The van der Waals surface area contributed by atoms with Gasteiger partial charge in [0.2, 0.25) is 0 Å². The van der Waals surface area contributed by atoms with E-state index in [1.165, 1.54) is 16.8 Å². The summed E-state index contributed by atoms with van der Waals surface area (Å²) in [6, 6.07) is 2.05. The number of furan rings is 1. The normalized spacial score (nSPS) is 11.2. The zero-order chi connectivity index (χ0) is 14.5. The van der Waals surface area contributed by atoms with Crippen LogP contribution in [0.25, 0.3) is 0 Å². The van der Waals surface area contributed by atoms with Gasteiger partial charge in [-0.2, -0.15) is 5.10 Å². The number of hydrogen-bond donors (Lipinski definition) is 1. The first-order chi connectivity index (χ1) is 9.67. The number of nitrogens with zero attached hydrogens (tertiary/aromatic N) is 2. The summed E-state index contributed by atoms with van der Waals surface area (Å²) in [4.78, 5) is 0. The molecule has 2 aromatic heterocycles. The van der Waals surface area contributed by atoms with E-state index in [1.54, 1.807) is 6.26 Å². The Morgan fingerprint density at radius 1 is 1.30 bits per heavy atom. The van der Waals surface area contributed by atoms with Crippen molar-refractivity contribution in [2.75, 3.05) is 6.54 Å². The molecule has 0 aliphatic rings. The molecule has 4 heteroatoms. The van der Waals surface area contributed by atoms with Crippen molar-refractivity contribution >= 4 is 0 Å². The van der Waals surface area contributed by atoms with Crippen molar-refractivity contribution in [3.8, 4) is 0 Å². The highest BCUT2D eigenvalue weighted by atomic mass is 16.3. The van der Waals surface area contributed by atoms with Gasteiger partial charge in [0.15, 0.2) is 0 Å². The molecule has 0 saturated heterocycles. The molecule has 0 bridgehead atoms. The van der Waals surface area contributed by atoms with Crippen LogP contribution in [0.5, 0.6) is 0 Å². The molecule has 0 amide bonds. The molecule has 1 N–H and O–H groups in total. The molecule has 0 aliphatic heterocycles. The summed E-state index contributed by atoms with van der Waals surface area (Å²) in [7, 11) is 0. The van der Waals surface area contributed by atoms with Gasteiger partial charge in [-0.25, -0.2) is 0 Å². The number of rotatable bonds is 7. The van der Waals surface area contributed by atoms with Crippen molar-refractivity contribution in [1.29, 1.82) is 0 Å². The van der Waals surface area contributed by atoms with Gasteiger partial charge in [-0.1, -0.05) is 13.8 Å². The molecule has 0 aromatic carbocycles. The molecular weight excluding hydrogens is 250 g/mol. The van der Waals surface area contributed by atoms with E-state index in [4.69, 9.17) is 4.42 Å². The lowest BCUT2D eigenvalue weighted by atomic mass is 10.1. The van der Waals surface area contributed by atoms with Crippen LogP contribution >= 0.6 is 0 Å². The minimum atomic E-state index is 0.784. The summed E-state index contributed by atoms with van der Waals surface area (Å²) < 4.78 is 7.67. The highest BCUT2D eigenvalue weighted by Gasteiger charge is 2.12. The Labute approximate surface area is 121 Å². The summed E-state index contributed by atoms with van der Waals surface area (Å²) in [6.45, 7) is 11.2. The van der Waals surface area contributed by atoms with Gasteiger partial charge < -0.3 is 9.73 Å². The summed E-state index contributed by atoms with van der Waals surface area (Å²) >= 11 is 0. The third-order valence-corrected chi connectivity index (χ3v) is 3.76. The van der Waals surface area contributed by atoms with Crippen molar-refractivity contribution in [1.82, 2.24) is 15.1 Å². The van der Waals surface area contributed by atoms with Crippen molar-refractivity contribution in [2.45, 2.75) is 53.6 Å². The predicted molar refractivity (Wildman–Crippen MR) is 80.9 cm³/mol. The third kappa shape index (κ3) is 3.12. The van der Waals surface area contributed by atoms with Crippen LogP contribution in [0.2, 0.25) is 0 Å². The topological polar surface area (TPSA) is 43.0 Å². The maximum atomic E-state index is 5.58. The highest BCUT2D eigenvalue weighted by molar-refractivity contribution is 5.26. The first kappa shape index (κ1) is 14.9. The van der Waals surface area contributed by atoms with Gasteiger partial charge in [0.25, 0.3) is 0 Å². The van der Waals surface area contributed by atoms with Crippen LogP contribution in [-0.2, 0) is 19.5 Å². The molecule has 2 rings (SSSR count). The Bertz CT molecular complexity index is 554. The first-order valence-electron chi connectivity index (χ1n) is 7.46. The van der Waals surface area contributed by atoms with Gasteiger partial charge >= 0.3 is 0 Å². The van der Waals surface area contributed by atoms with Crippen LogP contribution in [0.3, 0.4) is 0 Å². The second kappa shape index (κ2) is 6.75. The zero-order valence-electron chi connectivity index (χ0n) is 13.0. The molecule has 0 fully saturated rings. The molecule has 0 aliphatic carbocycles. The molecule has 4 nitrogen and oxygen atoms in total. The van der Waals surface area contributed by atoms with Gasteiger partial charge in [-0.3, -0.25) is 4.68 Å². The molecule has 20 heavy (non-hydrogen) atoms. The molecule has 0 unspecified atom stereocenters. The van der Waals surface area contributed by atoms with Gasteiger partial charge in [0.05, 0.1) is 25.0 Å². The Kier molecular flexibility index (Phi) is 5.01. The zero-order valence-corrected chi connectivity index (χ0v) is 13.0. The predicted octanol–water partition coefficient (Wildman–Crippen LogP) is 3.20. The van der Waals surface area contributed by atoms with Crippen molar-refractivity contribution in [2.24, 2.45) is 0 Å². The lowest BCUT2D eigenvalue weighted by Crippen LogP contribution is -2.15. The van der Waals surface area contributed by atoms with Crippen LogP contribution in [-0.4, -0.2) is 16.3 Å². The summed E-state index contributed by atoms with van der Waals surface area (Å²) in [5.74, 6) is 1.02. The van der Waals surface area contributed by atoms with Crippen molar-refractivity contribution in [3.63, 3.8) is 0 Å². The monoisotopic (exact) mass is 275 g/mol. The number of aromatic nitrogens is 2. The van der Waals surface area contributed by atoms with E-state index in [-0.39, 0.29) is 0 Å². The lowest BCUT2D eigenvalue weighted by molar-refractivity contribution is 0.474. The molecule has 0 saturated carbocycles. The van der Waals surface area contributed by atoms with Crippen molar-refractivity contribution in [3.05, 3.63) is 40.6 Å². The maximum absolute atomic E-state index is 5.58. The number of hydrogen-bond acceptors (Lipinski definition) is 3. The van der Waals surface area contributed by atoms with E-state index < -0.39 is 0 Å². The summed E-state index contributed by atoms with van der Waals surface area (Å²) in [6.07, 6.45) is 3.94.